The summed E-state index contributed by atoms with van der Waals surface area (Å²) in [5.74, 6) is 0.0406. The van der Waals surface area contributed by atoms with E-state index in [0.29, 0.717) is 62.8 Å². The number of piperidine rings is 1. The molecule has 10 nitrogen and oxygen atoms in total. The Kier molecular flexibility index (Phi) is 10.2. The van der Waals surface area contributed by atoms with Gasteiger partial charge in [0.05, 0.1) is 5.75 Å². The van der Waals surface area contributed by atoms with Gasteiger partial charge in [0.25, 0.3) is 0 Å². The molecule has 11 heteroatoms. The summed E-state index contributed by atoms with van der Waals surface area (Å²) in [6, 6.07) is 7.52. The van der Waals surface area contributed by atoms with Crippen molar-refractivity contribution in [3.8, 4) is 0 Å². The predicted molar refractivity (Wildman–Crippen MR) is 151 cm³/mol. The van der Waals surface area contributed by atoms with Crippen molar-refractivity contribution in [3.63, 3.8) is 0 Å². The quantitative estimate of drug-likeness (QED) is 0.255. The maximum atomic E-state index is 13.9. The maximum absolute atomic E-state index is 13.9. The van der Waals surface area contributed by atoms with Gasteiger partial charge in [-0.2, -0.15) is 0 Å². The van der Waals surface area contributed by atoms with Gasteiger partial charge in [0.1, 0.15) is 12.1 Å². The lowest BCUT2D eigenvalue weighted by molar-refractivity contribution is -0.140. The van der Waals surface area contributed by atoms with E-state index in [0.717, 1.165) is 38.5 Å². The number of rotatable bonds is 10. The van der Waals surface area contributed by atoms with Gasteiger partial charge in [-0.1, -0.05) is 62.4 Å². The normalized spacial score (nSPS) is 22.0. The summed E-state index contributed by atoms with van der Waals surface area (Å²) in [6.45, 7) is 2.39. The summed E-state index contributed by atoms with van der Waals surface area (Å²) in [4.78, 5) is 30.5. The monoisotopic (exact) mass is 560 g/mol. The van der Waals surface area contributed by atoms with Crippen LogP contribution in [0.5, 0.6) is 0 Å². The Morgan fingerprint density at radius 3 is 2.31 bits per heavy atom. The minimum Gasteiger partial charge on any atom is -0.370 e. The highest BCUT2D eigenvalue weighted by atomic mass is 32.2. The molecule has 1 aromatic rings. The van der Waals surface area contributed by atoms with Crippen molar-refractivity contribution < 1.29 is 18.0 Å². The van der Waals surface area contributed by atoms with Crippen molar-refractivity contribution in [3.05, 3.63) is 35.9 Å². The SMILES string of the molecule is N=C(N)N1CCC(CNC(=O)[C@@H]2CCCN2C(=O)[C@@H](CC2CCCCC2)NS(=O)(=O)Cc2ccccc2)CC1. The number of likely N-dealkylation sites (tertiary alicyclic amines) is 2. The average Bonchev–Trinajstić information content (AvgIpc) is 3.42. The molecule has 5 N–H and O–H groups in total. The van der Waals surface area contributed by atoms with Gasteiger partial charge in [0, 0.05) is 26.2 Å². The van der Waals surface area contributed by atoms with Crippen LogP contribution in [0.1, 0.15) is 69.8 Å². The first-order chi connectivity index (χ1) is 18.7. The van der Waals surface area contributed by atoms with E-state index in [9.17, 15) is 18.0 Å². The number of sulfonamides is 1. The Bertz CT molecular complexity index is 1080. The molecule has 4 rings (SSSR count). The predicted octanol–water partition coefficient (Wildman–Crippen LogP) is 2.16. The Balaban J connectivity index is 1.39. The maximum Gasteiger partial charge on any atom is 0.242 e. The molecule has 2 saturated heterocycles. The first-order valence-corrected chi connectivity index (χ1v) is 16.1. The van der Waals surface area contributed by atoms with Gasteiger partial charge in [-0.3, -0.25) is 15.0 Å². The van der Waals surface area contributed by atoms with Crippen LogP contribution in [-0.2, 0) is 25.4 Å². The molecule has 0 unspecified atom stereocenters. The second-order valence-electron chi connectivity index (χ2n) is 11.4. The summed E-state index contributed by atoms with van der Waals surface area (Å²) >= 11 is 0. The second kappa shape index (κ2) is 13.6. The third-order valence-electron chi connectivity index (χ3n) is 8.47. The topological polar surface area (TPSA) is 149 Å². The molecule has 0 aromatic heterocycles. The van der Waals surface area contributed by atoms with E-state index in [1.165, 1.54) is 6.42 Å². The van der Waals surface area contributed by atoms with Crippen LogP contribution in [0.25, 0.3) is 0 Å². The van der Waals surface area contributed by atoms with Crippen molar-refractivity contribution in [2.75, 3.05) is 26.2 Å². The lowest BCUT2D eigenvalue weighted by atomic mass is 9.84. The van der Waals surface area contributed by atoms with Crippen LogP contribution in [0.15, 0.2) is 30.3 Å². The highest BCUT2D eigenvalue weighted by molar-refractivity contribution is 7.88. The smallest absolute Gasteiger partial charge is 0.242 e. The fraction of sp³-hybridized carbons (Fsp3) is 0.679. The number of nitrogens with zero attached hydrogens (tertiary/aromatic N) is 2. The van der Waals surface area contributed by atoms with Gasteiger partial charge in [-0.05, 0) is 49.5 Å². The number of nitrogens with two attached hydrogens (primary N) is 1. The number of guanidine groups is 1. The molecule has 1 aliphatic carbocycles. The van der Waals surface area contributed by atoms with Gasteiger partial charge < -0.3 is 20.9 Å². The van der Waals surface area contributed by atoms with Crippen molar-refractivity contribution in [1.29, 1.82) is 5.41 Å². The van der Waals surface area contributed by atoms with Crippen molar-refractivity contribution in [1.82, 2.24) is 19.8 Å². The van der Waals surface area contributed by atoms with Crippen molar-refractivity contribution in [2.24, 2.45) is 17.6 Å². The largest absolute Gasteiger partial charge is 0.370 e. The number of benzene rings is 1. The molecule has 1 saturated carbocycles. The van der Waals surface area contributed by atoms with Crippen molar-refractivity contribution in [2.45, 2.75) is 82.0 Å². The zero-order valence-electron chi connectivity index (χ0n) is 22.8. The van der Waals surface area contributed by atoms with E-state index >= 15 is 0 Å². The Labute approximate surface area is 232 Å². The van der Waals surface area contributed by atoms with E-state index < -0.39 is 22.1 Å². The molecule has 0 spiro atoms. The zero-order valence-corrected chi connectivity index (χ0v) is 23.6. The zero-order chi connectivity index (χ0) is 27.8. The van der Waals surface area contributed by atoms with E-state index in [1.807, 2.05) is 11.0 Å². The van der Waals surface area contributed by atoms with Crippen LogP contribution >= 0.6 is 0 Å². The second-order valence-corrected chi connectivity index (χ2v) is 13.2. The van der Waals surface area contributed by atoms with Gasteiger partial charge in [-0.25, -0.2) is 13.1 Å². The summed E-state index contributed by atoms with van der Waals surface area (Å²) in [5.41, 5.74) is 6.25. The molecular formula is C28H44N6O4S. The lowest BCUT2D eigenvalue weighted by Crippen LogP contribution is -2.54. The van der Waals surface area contributed by atoms with Crippen LogP contribution in [0.4, 0.5) is 0 Å². The molecule has 3 aliphatic rings. The van der Waals surface area contributed by atoms with Crippen LogP contribution < -0.4 is 15.8 Å². The average molecular weight is 561 g/mol. The molecule has 2 aliphatic heterocycles. The Hall–Kier alpha value is -2.66. The standard InChI is InChI=1S/C28H44N6O4S/c29-28(30)33-16-13-22(14-17-33)19-31-26(35)25-12-7-15-34(25)27(36)24(18-21-8-3-1-4-9-21)32-39(37,38)20-23-10-5-2-6-11-23/h2,5-6,10-11,21-22,24-25,32H,1,3-4,7-9,12-20H2,(H3,29,30)(H,31,35)/t24-,25+/m1/s1. The highest BCUT2D eigenvalue weighted by Gasteiger charge is 2.39. The van der Waals surface area contributed by atoms with Gasteiger partial charge in [0.2, 0.25) is 21.8 Å². The first-order valence-electron chi connectivity index (χ1n) is 14.4. The molecule has 0 radical (unpaired) electrons. The number of carbonyl (C=O) groups is 2. The lowest BCUT2D eigenvalue weighted by Gasteiger charge is -2.33. The van der Waals surface area contributed by atoms with Gasteiger partial charge in [0.15, 0.2) is 5.96 Å². The fourth-order valence-electron chi connectivity index (χ4n) is 6.25. The minimum atomic E-state index is -3.76. The summed E-state index contributed by atoms with van der Waals surface area (Å²) < 4.78 is 29.0. The van der Waals surface area contributed by atoms with Crippen LogP contribution in [-0.4, -0.2) is 74.3 Å². The number of carbonyl (C=O) groups excluding carboxylic acids is 2. The van der Waals surface area contributed by atoms with Crippen LogP contribution in [0.3, 0.4) is 0 Å². The van der Waals surface area contributed by atoms with Crippen molar-refractivity contribution >= 4 is 27.8 Å². The van der Waals surface area contributed by atoms with Gasteiger partial charge in [-0.15, -0.1) is 0 Å². The molecule has 3 fully saturated rings. The van der Waals surface area contributed by atoms with E-state index in [-0.39, 0.29) is 23.5 Å². The molecule has 1 aromatic carbocycles. The molecule has 2 atom stereocenters. The van der Waals surface area contributed by atoms with Crippen LogP contribution in [0, 0.1) is 17.2 Å². The number of amides is 2. The van der Waals surface area contributed by atoms with Crippen LogP contribution in [0.2, 0.25) is 0 Å². The van der Waals surface area contributed by atoms with E-state index in [4.69, 9.17) is 11.1 Å². The molecule has 2 amide bonds. The minimum absolute atomic E-state index is 0.0831. The number of hydrogen-bond acceptors (Lipinski definition) is 5. The molecule has 2 heterocycles. The summed E-state index contributed by atoms with van der Waals surface area (Å²) in [7, 11) is -3.76. The molecule has 39 heavy (non-hydrogen) atoms. The fourth-order valence-corrected chi connectivity index (χ4v) is 7.60. The number of hydrogen-bond donors (Lipinski definition) is 4. The number of nitrogens with one attached hydrogen (secondary N) is 3. The highest BCUT2D eigenvalue weighted by Crippen LogP contribution is 2.29. The summed E-state index contributed by atoms with van der Waals surface area (Å²) in [6.07, 6.45) is 8.82. The molecule has 216 valence electrons. The van der Waals surface area contributed by atoms with Gasteiger partial charge >= 0.3 is 0 Å². The van der Waals surface area contributed by atoms with E-state index in [1.54, 1.807) is 29.2 Å². The molecular weight excluding hydrogens is 516 g/mol. The summed E-state index contributed by atoms with van der Waals surface area (Å²) in [5, 5.41) is 10.6. The Morgan fingerprint density at radius 1 is 0.949 bits per heavy atom. The molecule has 0 bridgehead atoms. The Morgan fingerprint density at radius 2 is 1.64 bits per heavy atom. The first kappa shape index (κ1) is 29.3. The van der Waals surface area contributed by atoms with E-state index in [2.05, 4.69) is 10.0 Å². The third-order valence-corrected chi connectivity index (χ3v) is 9.83. The third kappa shape index (κ3) is 8.41.